The summed E-state index contributed by atoms with van der Waals surface area (Å²) in [7, 11) is 0. The molecule has 2 bridgehead atoms. The van der Waals surface area contributed by atoms with Crippen molar-refractivity contribution in [2.24, 2.45) is 11.8 Å². The third-order valence-corrected chi connectivity index (χ3v) is 6.10. The molecular formula is C25H35N3O4. The van der Waals surface area contributed by atoms with Gasteiger partial charge in [0.05, 0.1) is 6.42 Å². The summed E-state index contributed by atoms with van der Waals surface area (Å²) in [6.45, 7) is 5.42. The highest BCUT2D eigenvalue weighted by molar-refractivity contribution is 5.91. The summed E-state index contributed by atoms with van der Waals surface area (Å²) in [6, 6.07) is 7.39. The number of carboxylic acid groups (broad SMARTS) is 1. The van der Waals surface area contributed by atoms with Gasteiger partial charge < -0.3 is 20.3 Å². The number of carboxylic acids is 1. The Hall–Kier alpha value is -2.83. The van der Waals surface area contributed by atoms with Crippen molar-refractivity contribution in [3.63, 3.8) is 0 Å². The lowest BCUT2D eigenvalue weighted by Crippen LogP contribution is -2.50. The molecule has 1 aromatic carbocycles. The van der Waals surface area contributed by atoms with Gasteiger partial charge in [-0.1, -0.05) is 44.9 Å². The molecule has 0 saturated heterocycles. The van der Waals surface area contributed by atoms with E-state index in [0.717, 1.165) is 48.7 Å². The normalized spacial score (nSPS) is 18.8. The van der Waals surface area contributed by atoms with Gasteiger partial charge in [0.15, 0.2) is 0 Å². The molecule has 2 heterocycles. The van der Waals surface area contributed by atoms with Crippen LogP contribution in [-0.4, -0.2) is 40.0 Å². The molecule has 2 amide bonds. The number of aliphatic carboxylic acids is 1. The number of nitrogens with zero attached hydrogens (tertiary/aromatic N) is 1. The fraction of sp³-hybridized carbons (Fsp3) is 0.560. The minimum Gasteiger partial charge on any atom is -0.481 e. The first kappa shape index (κ1) is 23.8. The van der Waals surface area contributed by atoms with E-state index in [0.29, 0.717) is 19.4 Å². The van der Waals surface area contributed by atoms with Crippen molar-refractivity contribution in [1.29, 1.82) is 0 Å². The zero-order valence-electron chi connectivity index (χ0n) is 19.1. The third kappa shape index (κ3) is 6.34. The molecule has 7 nitrogen and oxygen atoms in total. The molecule has 174 valence electrons. The predicted molar refractivity (Wildman–Crippen MR) is 124 cm³/mol. The van der Waals surface area contributed by atoms with Crippen LogP contribution in [0.5, 0.6) is 0 Å². The molecule has 0 radical (unpaired) electrons. The Bertz CT molecular complexity index is 950. The van der Waals surface area contributed by atoms with Crippen LogP contribution in [0.3, 0.4) is 0 Å². The molecule has 2 aromatic rings. The van der Waals surface area contributed by atoms with Gasteiger partial charge in [0, 0.05) is 42.5 Å². The first-order valence-corrected chi connectivity index (χ1v) is 11.7. The number of rotatable bonds is 6. The van der Waals surface area contributed by atoms with Gasteiger partial charge in [-0.25, -0.2) is 0 Å². The minimum absolute atomic E-state index is 0.178. The molecule has 2 atom stereocenters. The van der Waals surface area contributed by atoms with Gasteiger partial charge in [0.1, 0.15) is 6.04 Å². The molecule has 1 aromatic heterocycles. The monoisotopic (exact) mass is 441 g/mol. The van der Waals surface area contributed by atoms with Crippen molar-refractivity contribution in [3.8, 4) is 0 Å². The summed E-state index contributed by atoms with van der Waals surface area (Å²) in [4.78, 5) is 37.4. The van der Waals surface area contributed by atoms with E-state index in [2.05, 4.69) is 33.5 Å². The average molecular weight is 442 g/mol. The summed E-state index contributed by atoms with van der Waals surface area (Å²) in [6.07, 6.45) is 6.81. The molecule has 0 saturated carbocycles. The highest BCUT2D eigenvalue weighted by Gasteiger charge is 2.28. The van der Waals surface area contributed by atoms with Crippen LogP contribution in [-0.2, 0) is 27.3 Å². The standard InChI is InChI=1S/C25H35N3O4/c1-17(2)13-18(15-23(29)30)24(31)27-21-14-19-16-28(22-10-6-5-9-20(19)22)12-8-4-3-7-11-26-25(21)32/h5-6,9-10,16-18,21H,3-4,7-8,11-15H2,1-2H3,(H,26,32)(H,27,31)(H,29,30)/t18-,21?/m1/s1. The van der Waals surface area contributed by atoms with Crippen molar-refractivity contribution in [1.82, 2.24) is 15.2 Å². The van der Waals surface area contributed by atoms with Crippen LogP contribution >= 0.6 is 0 Å². The number of aryl methyl sites for hydroxylation is 1. The van der Waals surface area contributed by atoms with Crippen molar-refractivity contribution in [3.05, 3.63) is 36.0 Å². The van der Waals surface area contributed by atoms with E-state index in [9.17, 15) is 19.5 Å². The van der Waals surface area contributed by atoms with E-state index < -0.39 is 17.9 Å². The largest absolute Gasteiger partial charge is 0.481 e. The van der Waals surface area contributed by atoms with Crippen molar-refractivity contribution in [2.45, 2.75) is 71.4 Å². The van der Waals surface area contributed by atoms with Gasteiger partial charge in [0.2, 0.25) is 11.8 Å². The van der Waals surface area contributed by atoms with Gasteiger partial charge in [-0.05, 0) is 36.8 Å². The molecule has 7 heteroatoms. The zero-order valence-corrected chi connectivity index (χ0v) is 19.1. The van der Waals surface area contributed by atoms with Crippen LogP contribution in [0.25, 0.3) is 10.9 Å². The highest BCUT2D eigenvalue weighted by Crippen LogP contribution is 2.24. The number of hydrogen-bond acceptors (Lipinski definition) is 3. The maximum atomic E-state index is 13.0. The SMILES string of the molecule is CC(C)C[C@H](CC(=O)O)C(=O)NC1Cc2cn(c3ccccc23)CCCCCCNC1=O. The number of fused-ring (bicyclic) bond motifs is 5. The Morgan fingerprint density at radius 3 is 2.69 bits per heavy atom. The van der Waals surface area contributed by atoms with E-state index in [4.69, 9.17) is 0 Å². The molecule has 32 heavy (non-hydrogen) atoms. The minimum atomic E-state index is -1.01. The smallest absolute Gasteiger partial charge is 0.304 e. The number of para-hydroxylation sites is 1. The quantitative estimate of drug-likeness (QED) is 0.639. The second-order valence-corrected chi connectivity index (χ2v) is 9.26. The fourth-order valence-corrected chi connectivity index (χ4v) is 4.55. The summed E-state index contributed by atoms with van der Waals surface area (Å²) in [5.41, 5.74) is 2.15. The summed E-state index contributed by atoms with van der Waals surface area (Å²) < 4.78 is 2.24. The second kappa shape index (κ2) is 11.2. The molecule has 0 fully saturated rings. The Morgan fingerprint density at radius 2 is 1.94 bits per heavy atom. The molecule has 0 aliphatic carbocycles. The Labute approximate surface area is 189 Å². The number of benzene rings is 1. The number of nitrogens with one attached hydrogen (secondary N) is 2. The van der Waals surface area contributed by atoms with Gasteiger partial charge >= 0.3 is 5.97 Å². The highest BCUT2D eigenvalue weighted by atomic mass is 16.4. The van der Waals surface area contributed by atoms with E-state index in [1.165, 1.54) is 0 Å². The first-order valence-electron chi connectivity index (χ1n) is 11.7. The van der Waals surface area contributed by atoms with E-state index in [1.54, 1.807) is 0 Å². The van der Waals surface area contributed by atoms with Crippen LogP contribution in [0.4, 0.5) is 0 Å². The molecule has 1 aliphatic rings. The first-order chi connectivity index (χ1) is 15.3. The van der Waals surface area contributed by atoms with Crippen molar-refractivity contribution in [2.75, 3.05) is 6.54 Å². The second-order valence-electron chi connectivity index (χ2n) is 9.26. The van der Waals surface area contributed by atoms with Gasteiger partial charge in [-0.15, -0.1) is 0 Å². The fourth-order valence-electron chi connectivity index (χ4n) is 4.55. The Morgan fingerprint density at radius 1 is 1.19 bits per heavy atom. The molecule has 3 N–H and O–H groups in total. The number of carbonyl (C=O) groups is 3. The van der Waals surface area contributed by atoms with Crippen molar-refractivity contribution >= 4 is 28.7 Å². The van der Waals surface area contributed by atoms with Crippen LogP contribution in [0.15, 0.2) is 30.5 Å². The van der Waals surface area contributed by atoms with Gasteiger partial charge in [-0.2, -0.15) is 0 Å². The van der Waals surface area contributed by atoms with Crippen LogP contribution in [0.2, 0.25) is 0 Å². The van der Waals surface area contributed by atoms with E-state index >= 15 is 0 Å². The van der Waals surface area contributed by atoms with E-state index in [1.807, 2.05) is 26.0 Å². The molecule has 1 aliphatic heterocycles. The molecule has 1 unspecified atom stereocenters. The number of aromatic nitrogens is 1. The number of hydrogen-bond donors (Lipinski definition) is 3. The molecule has 3 rings (SSSR count). The molecular weight excluding hydrogens is 406 g/mol. The lowest BCUT2D eigenvalue weighted by molar-refractivity contribution is -0.141. The summed E-state index contributed by atoms with van der Waals surface area (Å²) >= 11 is 0. The van der Waals surface area contributed by atoms with Crippen LogP contribution in [0.1, 0.15) is 57.9 Å². The lowest BCUT2D eigenvalue weighted by atomic mass is 9.92. The summed E-state index contributed by atoms with van der Waals surface area (Å²) in [5.74, 6) is -2.07. The molecule has 0 spiro atoms. The van der Waals surface area contributed by atoms with Crippen molar-refractivity contribution < 1.29 is 19.5 Å². The zero-order chi connectivity index (χ0) is 23.1. The average Bonchev–Trinajstić information content (AvgIpc) is 3.08. The number of carbonyl (C=O) groups excluding carboxylic acids is 2. The van der Waals surface area contributed by atoms with Crippen LogP contribution in [0, 0.1) is 11.8 Å². The predicted octanol–water partition coefficient (Wildman–Crippen LogP) is 3.50. The van der Waals surface area contributed by atoms with Gasteiger partial charge in [-0.3, -0.25) is 14.4 Å². The Kier molecular flexibility index (Phi) is 8.31. The lowest BCUT2D eigenvalue weighted by Gasteiger charge is -2.22. The maximum Gasteiger partial charge on any atom is 0.304 e. The Balaban J connectivity index is 1.88. The summed E-state index contributed by atoms with van der Waals surface area (Å²) in [5, 5.41) is 16.2. The maximum absolute atomic E-state index is 13.0. The van der Waals surface area contributed by atoms with Gasteiger partial charge in [0.25, 0.3) is 0 Å². The third-order valence-electron chi connectivity index (χ3n) is 6.10. The number of amides is 2. The topological polar surface area (TPSA) is 100 Å². The van der Waals surface area contributed by atoms with Crippen LogP contribution < -0.4 is 10.6 Å². The van der Waals surface area contributed by atoms with E-state index in [-0.39, 0.29) is 24.2 Å².